The van der Waals surface area contributed by atoms with Gasteiger partial charge in [0.1, 0.15) is 5.82 Å². The normalized spacial score (nSPS) is 18.8. The van der Waals surface area contributed by atoms with Crippen LogP contribution in [0.1, 0.15) is 36.8 Å². The zero-order valence-electron chi connectivity index (χ0n) is 10.8. The fourth-order valence-electron chi connectivity index (χ4n) is 2.60. The molecule has 0 unspecified atom stereocenters. The van der Waals surface area contributed by atoms with Crippen molar-refractivity contribution < 1.29 is 17.6 Å². The predicted octanol–water partition coefficient (Wildman–Crippen LogP) is 4.04. The summed E-state index contributed by atoms with van der Waals surface area (Å²) in [5.41, 5.74) is -0.549. The number of nitrogens with zero attached hydrogens (tertiary/aromatic N) is 1. The third-order valence-electron chi connectivity index (χ3n) is 3.80. The van der Waals surface area contributed by atoms with Crippen molar-refractivity contribution in [3.8, 4) is 0 Å². The lowest BCUT2D eigenvalue weighted by Crippen LogP contribution is -2.32. The Morgan fingerprint density at radius 2 is 1.84 bits per heavy atom. The van der Waals surface area contributed by atoms with Crippen molar-refractivity contribution >= 4 is 0 Å². The number of piperidine rings is 1. The van der Waals surface area contributed by atoms with Crippen molar-refractivity contribution in [3.63, 3.8) is 0 Å². The van der Waals surface area contributed by atoms with E-state index in [0.717, 1.165) is 44.6 Å². The summed E-state index contributed by atoms with van der Waals surface area (Å²) >= 11 is 0. The first-order valence-electron chi connectivity index (χ1n) is 6.50. The number of likely N-dealkylation sites (tertiary alicyclic amines) is 1. The van der Waals surface area contributed by atoms with Gasteiger partial charge in [-0.2, -0.15) is 13.2 Å². The Hall–Kier alpha value is -1.10. The lowest BCUT2D eigenvalue weighted by Gasteiger charge is -2.31. The average molecular weight is 275 g/mol. The van der Waals surface area contributed by atoms with Gasteiger partial charge in [-0.1, -0.05) is 13.0 Å². The van der Waals surface area contributed by atoms with Gasteiger partial charge in [0, 0.05) is 0 Å². The predicted molar refractivity (Wildman–Crippen MR) is 65.5 cm³/mol. The van der Waals surface area contributed by atoms with E-state index in [9.17, 15) is 17.6 Å². The van der Waals surface area contributed by atoms with Crippen LogP contribution < -0.4 is 0 Å². The van der Waals surface area contributed by atoms with Crippen molar-refractivity contribution in [2.24, 2.45) is 0 Å². The van der Waals surface area contributed by atoms with E-state index in [1.54, 1.807) is 0 Å². The second-order valence-electron chi connectivity index (χ2n) is 4.95. The van der Waals surface area contributed by atoms with Crippen LogP contribution in [0.15, 0.2) is 18.2 Å². The van der Waals surface area contributed by atoms with Gasteiger partial charge in [0.2, 0.25) is 0 Å². The average Bonchev–Trinajstić information content (AvgIpc) is 2.38. The largest absolute Gasteiger partial charge is 0.419 e. The summed E-state index contributed by atoms with van der Waals surface area (Å²) in [7, 11) is 0. The van der Waals surface area contributed by atoms with Crippen molar-refractivity contribution in [2.45, 2.75) is 31.9 Å². The highest BCUT2D eigenvalue weighted by Gasteiger charge is 2.35. The van der Waals surface area contributed by atoms with Crippen molar-refractivity contribution in [3.05, 3.63) is 35.1 Å². The molecule has 2 rings (SSSR count). The number of hydrogen-bond donors (Lipinski definition) is 0. The maximum Gasteiger partial charge on any atom is 0.419 e. The third-order valence-corrected chi connectivity index (χ3v) is 3.80. The molecule has 1 aromatic carbocycles. The minimum absolute atomic E-state index is 0.101. The van der Waals surface area contributed by atoms with Crippen LogP contribution in [-0.4, -0.2) is 24.5 Å². The van der Waals surface area contributed by atoms with Gasteiger partial charge >= 0.3 is 6.18 Å². The fraction of sp³-hybridized carbons (Fsp3) is 0.571. The molecule has 1 aliphatic rings. The van der Waals surface area contributed by atoms with Crippen LogP contribution in [0, 0.1) is 5.82 Å². The molecule has 5 heteroatoms. The van der Waals surface area contributed by atoms with Crippen LogP contribution >= 0.6 is 0 Å². The topological polar surface area (TPSA) is 3.24 Å². The van der Waals surface area contributed by atoms with Crippen molar-refractivity contribution in [2.75, 3.05) is 19.6 Å². The molecule has 1 aromatic rings. The van der Waals surface area contributed by atoms with Gasteiger partial charge in [-0.15, -0.1) is 0 Å². The molecule has 1 heterocycles. The Kier molecular flexibility index (Phi) is 4.13. The monoisotopic (exact) mass is 275 g/mol. The Morgan fingerprint density at radius 1 is 1.21 bits per heavy atom. The van der Waals surface area contributed by atoms with E-state index in [0.29, 0.717) is 5.56 Å². The summed E-state index contributed by atoms with van der Waals surface area (Å²) in [5, 5.41) is 0. The first kappa shape index (κ1) is 14.3. The molecule has 0 aliphatic carbocycles. The maximum atomic E-state index is 13.2. The second kappa shape index (κ2) is 5.49. The second-order valence-corrected chi connectivity index (χ2v) is 4.95. The molecule has 1 nitrogen and oxygen atoms in total. The van der Waals surface area contributed by atoms with Gasteiger partial charge in [0.25, 0.3) is 0 Å². The molecule has 1 aliphatic heterocycles. The smallest absolute Gasteiger partial charge is 0.304 e. The van der Waals surface area contributed by atoms with E-state index in [4.69, 9.17) is 0 Å². The molecule has 0 spiro atoms. The van der Waals surface area contributed by atoms with Crippen LogP contribution in [-0.2, 0) is 6.18 Å². The molecule has 19 heavy (non-hydrogen) atoms. The summed E-state index contributed by atoms with van der Waals surface area (Å²) in [5.74, 6) is -1.09. The van der Waals surface area contributed by atoms with Crippen molar-refractivity contribution in [1.29, 1.82) is 0 Å². The number of halogens is 4. The highest BCUT2D eigenvalue weighted by atomic mass is 19.4. The van der Waals surface area contributed by atoms with Crippen LogP contribution in [0.3, 0.4) is 0 Å². The zero-order valence-corrected chi connectivity index (χ0v) is 10.8. The first-order valence-corrected chi connectivity index (χ1v) is 6.50. The lowest BCUT2D eigenvalue weighted by molar-refractivity contribution is -0.140. The molecule has 0 atom stereocenters. The lowest BCUT2D eigenvalue weighted by atomic mass is 9.88. The van der Waals surface area contributed by atoms with E-state index in [1.165, 1.54) is 6.07 Å². The Morgan fingerprint density at radius 3 is 2.37 bits per heavy atom. The third kappa shape index (κ3) is 3.26. The van der Waals surface area contributed by atoms with Gasteiger partial charge in [-0.25, -0.2) is 4.39 Å². The number of hydrogen-bond acceptors (Lipinski definition) is 1. The number of benzene rings is 1. The Bertz CT molecular complexity index is 434. The van der Waals surface area contributed by atoms with E-state index >= 15 is 0 Å². The fourth-order valence-corrected chi connectivity index (χ4v) is 2.60. The highest BCUT2D eigenvalue weighted by molar-refractivity contribution is 5.30. The zero-order chi connectivity index (χ0) is 14.0. The first-order chi connectivity index (χ1) is 8.91. The molecule has 0 N–H and O–H groups in total. The molecule has 106 valence electrons. The summed E-state index contributed by atoms with van der Waals surface area (Å²) in [6.45, 7) is 4.81. The molecular weight excluding hydrogens is 258 g/mol. The van der Waals surface area contributed by atoms with Gasteiger partial charge in [0.05, 0.1) is 5.56 Å². The van der Waals surface area contributed by atoms with Gasteiger partial charge in [-0.05, 0) is 56.1 Å². The molecule has 1 fully saturated rings. The standard InChI is InChI=1S/C14H17F4N/c1-2-19-7-5-10(6-8-19)11-3-4-13(15)12(9-11)14(16,17)18/h3-4,9-10H,2,5-8H2,1H3. The summed E-state index contributed by atoms with van der Waals surface area (Å²) in [4.78, 5) is 2.27. The quantitative estimate of drug-likeness (QED) is 0.736. The molecule has 0 aromatic heterocycles. The van der Waals surface area contributed by atoms with Crippen LogP contribution in [0.4, 0.5) is 17.6 Å². The van der Waals surface area contributed by atoms with Gasteiger partial charge in [0.15, 0.2) is 0 Å². The molecule has 0 bridgehead atoms. The maximum absolute atomic E-state index is 13.2. The Balaban J connectivity index is 2.18. The van der Waals surface area contributed by atoms with Crippen molar-refractivity contribution in [1.82, 2.24) is 4.90 Å². The SMILES string of the molecule is CCN1CCC(c2ccc(F)c(C(F)(F)F)c2)CC1. The molecular formula is C14H17F4N. The summed E-state index contributed by atoms with van der Waals surface area (Å²) < 4.78 is 51.2. The molecule has 1 saturated heterocycles. The van der Waals surface area contributed by atoms with E-state index < -0.39 is 17.6 Å². The minimum atomic E-state index is -4.62. The van der Waals surface area contributed by atoms with Crippen LogP contribution in [0.2, 0.25) is 0 Å². The Labute approximate surface area is 110 Å². The molecule has 0 saturated carbocycles. The summed E-state index contributed by atoms with van der Waals surface area (Å²) in [6, 6.07) is 3.39. The molecule has 0 amide bonds. The van der Waals surface area contributed by atoms with Gasteiger partial charge < -0.3 is 4.90 Å². The van der Waals surface area contributed by atoms with E-state index in [2.05, 4.69) is 11.8 Å². The number of rotatable bonds is 2. The van der Waals surface area contributed by atoms with Crippen LogP contribution in [0.25, 0.3) is 0 Å². The van der Waals surface area contributed by atoms with Gasteiger partial charge in [-0.3, -0.25) is 0 Å². The van der Waals surface area contributed by atoms with Crippen LogP contribution in [0.5, 0.6) is 0 Å². The summed E-state index contributed by atoms with van der Waals surface area (Å²) in [6.07, 6.45) is -2.96. The highest BCUT2D eigenvalue weighted by Crippen LogP contribution is 2.35. The minimum Gasteiger partial charge on any atom is -0.304 e. The van der Waals surface area contributed by atoms with E-state index in [1.807, 2.05) is 0 Å². The number of alkyl halides is 3. The van der Waals surface area contributed by atoms with E-state index in [-0.39, 0.29) is 5.92 Å². The molecule has 0 radical (unpaired) electrons.